The van der Waals surface area contributed by atoms with E-state index in [1.807, 2.05) is 6.08 Å². The van der Waals surface area contributed by atoms with E-state index < -0.39 is 5.97 Å². The number of carbonyl (C=O) groups excluding carboxylic acids is 2. The van der Waals surface area contributed by atoms with E-state index in [9.17, 15) is 9.59 Å². The lowest BCUT2D eigenvalue weighted by atomic mass is 9.94. The van der Waals surface area contributed by atoms with E-state index >= 15 is 0 Å². The Bertz CT molecular complexity index is 769. The first-order valence-corrected chi connectivity index (χ1v) is 9.85. The predicted octanol–water partition coefficient (Wildman–Crippen LogP) is 4.15. The summed E-state index contributed by atoms with van der Waals surface area (Å²) in [6.07, 6.45) is 7.37. The Morgan fingerprint density at radius 2 is 2.00 bits per heavy atom. The molecule has 1 saturated carbocycles. The van der Waals surface area contributed by atoms with Gasteiger partial charge in [0, 0.05) is 13.0 Å². The van der Waals surface area contributed by atoms with Crippen LogP contribution in [0, 0.1) is 0 Å². The molecule has 2 aliphatic rings. The van der Waals surface area contributed by atoms with Crippen LogP contribution in [0.4, 0.5) is 0 Å². The van der Waals surface area contributed by atoms with Crippen molar-refractivity contribution in [3.05, 3.63) is 28.7 Å². The molecule has 1 aliphatic heterocycles. The number of hydrogen-bond donors (Lipinski definition) is 0. The quantitative estimate of drug-likeness (QED) is 0.333. The molecule has 26 heavy (non-hydrogen) atoms. The number of benzene rings is 1. The third kappa shape index (κ3) is 4.10. The third-order valence-electron chi connectivity index (χ3n) is 4.50. The van der Waals surface area contributed by atoms with Gasteiger partial charge in [0.1, 0.15) is 4.32 Å². The number of ether oxygens (including phenoxy) is 2. The van der Waals surface area contributed by atoms with Crippen LogP contribution < -0.4 is 9.47 Å². The Hall–Kier alpha value is -1.86. The van der Waals surface area contributed by atoms with Gasteiger partial charge in [0.25, 0.3) is 5.91 Å². The maximum Gasteiger partial charge on any atom is 0.308 e. The number of carbonyl (C=O) groups is 2. The summed E-state index contributed by atoms with van der Waals surface area (Å²) in [4.78, 5) is 26.4. The van der Waals surface area contributed by atoms with Crippen LogP contribution in [-0.4, -0.2) is 34.2 Å². The van der Waals surface area contributed by atoms with Crippen molar-refractivity contribution in [3.63, 3.8) is 0 Å². The lowest BCUT2D eigenvalue weighted by Gasteiger charge is -2.29. The number of amides is 1. The first-order chi connectivity index (χ1) is 12.5. The summed E-state index contributed by atoms with van der Waals surface area (Å²) in [6, 6.07) is 5.41. The zero-order valence-corrected chi connectivity index (χ0v) is 16.5. The van der Waals surface area contributed by atoms with Crippen molar-refractivity contribution in [1.82, 2.24) is 4.90 Å². The monoisotopic (exact) mass is 391 g/mol. The maximum absolute atomic E-state index is 12.8. The Morgan fingerprint density at radius 3 is 2.65 bits per heavy atom. The highest BCUT2D eigenvalue weighted by molar-refractivity contribution is 8.26. The Kier molecular flexibility index (Phi) is 5.98. The van der Waals surface area contributed by atoms with E-state index in [2.05, 4.69) is 0 Å². The summed E-state index contributed by atoms with van der Waals surface area (Å²) in [5, 5.41) is 0. The van der Waals surface area contributed by atoms with Crippen molar-refractivity contribution < 1.29 is 19.1 Å². The minimum atomic E-state index is -0.413. The molecule has 0 bridgehead atoms. The molecule has 0 radical (unpaired) electrons. The molecule has 1 aromatic rings. The smallest absolute Gasteiger partial charge is 0.308 e. The molecule has 1 aliphatic carbocycles. The van der Waals surface area contributed by atoms with Crippen LogP contribution in [0.2, 0.25) is 0 Å². The minimum absolute atomic E-state index is 0.0186. The second-order valence-corrected chi connectivity index (χ2v) is 8.02. The van der Waals surface area contributed by atoms with Gasteiger partial charge in [-0.25, -0.2) is 0 Å². The fourth-order valence-corrected chi connectivity index (χ4v) is 4.70. The highest BCUT2D eigenvalue weighted by Crippen LogP contribution is 2.38. The van der Waals surface area contributed by atoms with E-state index in [-0.39, 0.29) is 11.9 Å². The number of thiocarbonyl (C=S) groups is 1. The van der Waals surface area contributed by atoms with Crippen molar-refractivity contribution in [2.75, 3.05) is 7.11 Å². The van der Waals surface area contributed by atoms with E-state index in [1.165, 1.54) is 32.2 Å². The van der Waals surface area contributed by atoms with Crippen LogP contribution in [0.1, 0.15) is 44.6 Å². The van der Waals surface area contributed by atoms with Crippen molar-refractivity contribution >= 4 is 46.3 Å². The van der Waals surface area contributed by atoms with Crippen LogP contribution in [0.5, 0.6) is 11.5 Å². The summed E-state index contributed by atoms with van der Waals surface area (Å²) < 4.78 is 11.0. The number of nitrogens with zero attached hydrogens (tertiary/aromatic N) is 1. The molecule has 0 atom stereocenters. The van der Waals surface area contributed by atoms with Gasteiger partial charge < -0.3 is 9.47 Å². The molecule has 2 fully saturated rings. The van der Waals surface area contributed by atoms with Crippen molar-refractivity contribution in [2.45, 2.75) is 45.1 Å². The van der Waals surface area contributed by atoms with E-state index in [0.29, 0.717) is 20.7 Å². The zero-order valence-electron chi connectivity index (χ0n) is 14.8. The van der Waals surface area contributed by atoms with Gasteiger partial charge in [0.15, 0.2) is 11.5 Å². The average molecular weight is 392 g/mol. The predicted molar refractivity (Wildman–Crippen MR) is 106 cm³/mol. The van der Waals surface area contributed by atoms with Crippen LogP contribution in [-0.2, 0) is 9.59 Å². The summed E-state index contributed by atoms with van der Waals surface area (Å²) >= 11 is 6.79. The van der Waals surface area contributed by atoms with E-state index in [0.717, 1.165) is 31.2 Å². The molecule has 1 amide bonds. The average Bonchev–Trinajstić information content (AvgIpc) is 2.90. The fraction of sp³-hybridized carbons (Fsp3) is 0.421. The summed E-state index contributed by atoms with van der Waals surface area (Å²) in [5.41, 5.74) is 0.793. The number of methoxy groups -OCH3 is 1. The van der Waals surface area contributed by atoms with Crippen molar-refractivity contribution in [2.24, 2.45) is 0 Å². The number of esters is 1. The van der Waals surface area contributed by atoms with Gasteiger partial charge in [-0.15, -0.1) is 0 Å². The first-order valence-electron chi connectivity index (χ1n) is 8.63. The number of rotatable bonds is 4. The molecule has 7 heteroatoms. The zero-order chi connectivity index (χ0) is 18.7. The SMILES string of the molecule is COc1cc(/C=C2/SC(=S)N(C3CCCCC3)C2=O)ccc1OC(C)=O. The lowest BCUT2D eigenvalue weighted by molar-refractivity contribution is -0.132. The van der Waals surface area contributed by atoms with Crippen LogP contribution in [0.15, 0.2) is 23.1 Å². The highest BCUT2D eigenvalue weighted by atomic mass is 32.2. The van der Waals surface area contributed by atoms with E-state index in [1.54, 1.807) is 23.1 Å². The van der Waals surface area contributed by atoms with Gasteiger partial charge in [-0.05, 0) is 36.6 Å². The number of hydrogen-bond acceptors (Lipinski definition) is 6. The molecule has 0 unspecified atom stereocenters. The molecule has 1 heterocycles. The Balaban J connectivity index is 1.82. The van der Waals surface area contributed by atoms with Gasteiger partial charge in [-0.3, -0.25) is 14.5 Å². The number of thioether (sulfide) groups is 1. The van der Waals surface area contributed by atoms with E-state index in [4.69, 9.17) is 21.7 Å². The largest absolute Gasteiger partial charge is 0.493 e. The maximum atomic E-state index is 12.8. The second kappa shape index (κ2) is 8.22. The highest BCUT2D eigenvalue weighted by Gasteiger charge is 2.37. The van der Waals surface area contributed by atoms with Crippen molar-refractivity contribution in [1.29, 1.82) is 0 Å². The molecule has 5 nitrogen and oxygen atoms in total. The standard InChI is InChI=1S/C19H21NO4S2/c1-12(21)24-15-9-8-13(10-16(15)23-2)11-17-18(22)20(19(25)26-17)14-6-4-3-5-7-14/h8-11,14H,3-7H2,1-2H3/b17-11+. The Morgan fingerprint density at radius 1 is 1.27 bits per heavy atom. The molecular formula is C19H21NO4S2. The lowest BCUT2D eigenvalue weighted by Crippen LogP contribution is -2.39. The molecule has 0 aromatic heterocycles. The summed E-state index contributed by atoms with van der Waals surface area (Å²) in [6.45, 7) is 1.34. The van der Waals surface area contributed by atoms with Gasteiger partial charge >= 0.3 is 5.97 Å². The topological polar surface area (TPSA) is 55.8 Å². The van der Waals surface area contributed by atoms with Crippen LogP contribution >= 0.6 is 24.0 Å². The molecule has 0 spiro atoms. The summed E-state index contributed by atoms with van der Waals surface area (Å²) in [7, 11) is 1.51. The molecule has 1 aromatic carbocycles. The minimum Gasteiger partial charge on any atom is -0.493 e. The molecule has 0 N–H and O–H groups in total. The molecular weight excluding hydrogens is 370 g/mol. The Labute approximate surface area is 162 Å². The van der Waals surface area contributed by atoms with Gasteiger partial charge in [0.05, 0.1) is 12.0 Å². The summed E-state index contributed by atoms with van der Waals surface area (Å²) in [5.74, 6) is 0.364. The fourth-order valence-electron chi connectivity index (χ4n) is 3.30. The molecule has 138 valence electrons. The first kappa shape index (κ1) is 18.9. The normalized spacial score (nSPS) is 19.9. The van der Waals surface area contributed by atoms with Gasteiger partial charge in [-0.1, -0.05) is 49.3 Å². The molecule has 1 saturated heterocycles. The van der Waals surface area contributed by atoms with Crippen molar-refractivity contribution in [3.8, 4) is 11.5 Å². The van der Waals surface area contributed by atoms with Gasteiger partial charge in [-0.2, -0.15) is 0 Å². The molecule has 3 rings (SSSR count). The second-order valence-electron chi connectivity index (χ2n) is 6.35. The van der Waals surface area contributed by atoms with Gasteiger partial charge in [0.2, 0.25) is 0 Å². The van der Waals surface area contributed by atoms with Crippen LogP contribution in [0.25, 0.3) is 6.08 Å². The van der Waals surface area contributed by atoms with Crippen LogP contribution in [0.3, 0.4) is 0 Å². The third-order valence-corrected chi connectivity index (χ3v) is 5.83.